The lowest BCUT2D eigenvalue weighted by Gasteiger charge is -2.25. The summed E-state index contributed by atoms with van der Waals surface area (Å²) in [5.41, 5.74) is 1.02. The molecule has 1 atom stereocenters. The standard InChI is InChI=1S/C23H26N4O3S2/c1-14(2)21(15-5-8-17-18(12-15)30-10-9-29-17)24-20(28)13-32-23-26-25-22(19-4-3-11-31-19)27(23)16-6-7-16/h3-5,8,11-12,14,16,21H,6-7,9-10,13H2,1-2H3,(H,24,28)/t21-/m1/s1. The van der Waals surface area contributed by atoms with Gasteiger partial charge in [-0.3, -0.25) is 9.36 Å². The van der Waals surface area contributed by atoms with Crippen molar-refractivity contribution in [2.24, 2.45) is 5.92 Å². The van der Waals surface area contributed by atoms with Crippen LogP contribution in [0.15, 0.2) is 40.9 Å². The Hall–Kier alpha value is -2.52. The van der Waals surface area contributed by atoms with Crippen LogP contribution in [0.25, 0.3) is 10.7 Å². The Morgan fingerprint density at radius 2 is 2.03 bits per heavy atom. The van der Waals surface area contributed by atoms with Crippen LogP contribution in [0.5, 0.6) is 11.5 Å². The van der Waals surface area contributed by atoms with Gasteiger partial charge < -0.3 is 14.8 Å². The molecule has 3 aromatic rings. The normalized spacial score (nSPS) is 16.2. The molecule has 32 heavy (non-hydrogen) atoms. The maximum atomic E-state index is 12.9. The van der Waals surface area contributed by atoms with E-state index in [1.165, 1.54) is 11.8 Å². The summed E-state index contributed by atoms with van der Waals surface area (Å²) in [6, 6.07) is 10.3. The third kappa shape index (κ3) is 4.49. The summed E-state index contributed by atoms with van der Waals surface area (Å²) in [5, 5.41) is 14.9. The van der Waals surface area contributed by atoms with Gasteiger partial charge in [0.1, 0.15) is 13.2 Å². The van der Waals surface area contributed by atoms with Crippen LogP contribution in [0.4, 0.5) is 0 Å². The molecule has 1 aliphatic heterocycles. The van der Waals surface area contributed by atoms with Crippen molar-refractivity contribution in [2.45, 2.75) is 43.9 Å². The molecule has 2 aliphatic rings. The van der Waals surface area contributed by atoms with E-state index in [1.807, 2.05) is 29.6 Å². The zero-order valence-corrected chi connectivity index (χ0v) is 19.7. The van der Waals surface area contributed by atoms with Crippen molar-refractivity contribution in [3.8, 4) is 22.2 Å². The Morgan fingerprint density at radius 3 is 2.75 bits per heavy atom. The van der Waals surface area contributed by atoms with Crippen LogP contribution in [0.2, 0.25) is 0 Å². The van der Waals surface area contributed by atoms with Gasteiger partial charge in [0, 0.05) is 6.04 Å². The highest BCUT2D eigenvalue weighted by atomic mass is 32.2. The number of rotatable bonds is 8. The molecule has 3 heterocycles. The molecule has 0 saturated heterocycles. The van der Waals surface area contributed by atoms with E-state index in [-0.39, 0.29) is 17.9 Å². The molecule has 7 nitrogen and oxygen atoms in total. The number of nitrogens with zero attached hydrogens (tertiary/aromatic N) is 3. The summed E-state index contributed by atoms with van der Waals surface area (Å²) in [4.78, 5) is 14.0. The average molecular weight is 471 g/mol. The lowest BCUT2D eigenvalue weighted by molar-refractivity contribution is -0.119. The lowest BCUT2D eigenvalue weighted by atomic mass is 9.95. The lowest BCUT2D eigenvalue weighted by Crippen LogP contribution is -2.33. The molecular weight excluding hydrogens is 444 g/mol. The Bertz CT molecular complexity index is 1090. The van der Waals surface area contributed by atoms with Gasteiger partial charge in [-0.1, -0.05) is 37.7 Å². The van der Waals surface area contributed by atoms with Crippen molar-refractivity contribution in [2.75, 3.05) is 19.0 Å². The van der Waals surface area contributed by atoms with E-state index in [0.29, 0.717) is 25.0 Å². The van der Waals surface area contributed by atoms with E-state index in [4.69, 9.17) is 9.47 Å². The fraction of sp³-hybridized carbons (Fsp3) is 0.435. The molecule has 5 rings (SSSR count). The molecule has 9 heteroatoms. The molecule has 1 aliphatic carbocycles. The highest BCUT2D eigenvalue weighted by Crippen LogP contribution is 2.42. The van der Waals surface area contributed by atoms with Crippen LogP contribution >= 0.6 is 23.1 Å². The number of thioether (sulfide) groups is 1. The van der Waals surface area contributed by atoms with E-state index >= 15 is 0 Å². The summed E-state index contributed by atoms with van der Waals surface area (Å²) in [5.74, 6) is 2.90. The molecule has 0 spiro atoms. The number of hydrogen-bond donors (Lipinski definition) is 1. The van der Waals surface area contributed by atoms with Gasteiger partial charge in [-0.05, 0) is 47.9 Å². The molecule has 168 valence electrons. The number of hydrogen-bond acceptors (Lipinski definition) is 7. The predicted octanol–water partition coefficient (Wildman–Crippen LogP) is 4.72. The van der Waals surface area contributed by atoms with Crippen LogP contribution < -0.4 is 14.8 Å². The van der Waals surface area contributed by atoms with E-state index in [0.717, 1.165) is 45.8 Å². The largest absolute Gasteiger partial charge is 0.486 e. The van der Waals surface area contributed by atoms with E-state index < -0.39 is 0 Å². The minimum atomic E-state index is -0.109. The summed E-state index contributed by atoms with van der Waals surface area (Å²) in [6.07, 6.45) is 2.27. The molecule has 1 aromatic carbocycles. The second kappa shape index (κ2) is 9.15. The van der Waals surface area contributed by atoms with Gasteiger partial charge in [0.05, 0.1) is 16.7 Å². The highest BCUT2D eigenvalue weighted by Gasteiger charge is 2.31. The predicted molar refractivity (Wildman–Crippen MR) is 125 cm³/mol. The molecular formula is C23H26N4O3S2. The molecule has 2 aromatic heterocycles. The van der Waals surface area contributed by atoms with E-state index in [2.05, 4.69) is 40.0 Å². The molecule has 1 saturated carbocycles. The molecule has 0 unspecified atom stereocenters. The SMILES string of the molecule is CC(C)[C@@H](NC(=O)CSc1nnc(-c2cccs2)n1C1CC1)c1ccc2c(c1)OCCO2. The smallest absolute Gasteiger partial charge is 0.230 e. The second-order valence-corrected chi connectivity index (χ2v) is 10.3. The third-order valence-corrected chi connectivity index (χ3v) is 7.37. The van der Waals surface area contributed by atoms with Crippen LogP contribution in [-0.2, 0) is 4.79 Å². The Balaban J connectivity index is 1.27. The van der Waals surface area contributed by atoms with Crippen molar-refractivity contribution in [3.05, 3.63) is 41.3 Å². The number of aromatic nitrogens is 3. The second-order valence-electron chi connectivity index (χ2n) is 8.37. The third-order valence-electron chi connectivity index (χ3n) is 5.56. The Morgan fingerprint density at radius 1 is 1.22 bits per heavy atom. The number of amides is 1. The number of carbonyl (C=O) groups excluding carboxylic acids is 1. The van der Waals surface area contributed by atoms with Gasteiger partial charge in [-0.2, -0.15) is 0 Å². The van der Waals surface area contributed by atoms with E-state index in [9.17, 15) is 4.79 Å². The van der Waals surface area contributed by atoms with Crippen LogP contribution in [0.3, 0.4) is 0 Å². The highest BCUT2D eigenvalue weighted by molar-refractivity contribution is 7.99. The number of fused-ring (bicyclic) bond motifs is 1. The van der Waals surface area contributed by atoms with Crippen LogP contribution in [0.1, 0.15) is 44.3 Å². The number of nitrogens with one attached hydrogen (secondary N) is 1. The molecule has 1 N–H and O–H groups in total. The van der Waals surface area contributed by atoms with Crippen LogP contribution in [0, 0.1) is 5.92 Å². The summed E-state index contributed by atoms with van der Waals surface area (Å²) >= 11 is 3.11. The van der Waals surface area contributed by atoms with Gasteiger partial charge >= 0.3 is 0 Å². The maximum Gasteiger partial charge on any atom is 0.230 e. The van der Waals surface area contributed by atoms with Crippen molar-refractivity contribution in [3.63, 3.8) is 0 Å². The first-order valence-corrected chi connectivity index (χ1v) is 12.8. The maximum absolute atomic E-state index is 12.9. The van der Waals surface area contributed by atoms with Crippen molar-refractivity contribution in [1.29, 1.82) is 0 Å². The monoisotopic (exact) mass is 470 g/mol. The zero-order valence-electron chi connectivity index (χ0n) is 18.1. The fourth-order valence-corrected chi connectivity index (χ4v) is 5.37. The van der Waals surface area contributed by atoms with Crippen LogP contribution in [-0.4, -0.2) is 39.6 Å². The first-order valence-electron chi connectivity index (χ1n) is 10.9. The average Bonchev–Trinajstić information content (AvgIpc) is 3.31. The number of carbonyl (C=O) groups is 1. The Labute approximate surface area is 195 Å². The number of ether oxygens (including phenoxy) is 2. The molecule has 0 bridgehead atoms. The van der Waals surface area contributed by atoms with E-state index in [1.54, 1.807) is 11.3 Å². The van der Waals surface area contributed by atoms with Gasteiger partial charge in [-0.25, -0.2) is 0 Å². The van der Waals surface area contributed by atoms with Gasteiger partial charge in [0.2, 0.25) is 5.91 Å². The zero-order chi connectivity index (χ0) is 22.1. The quantitative estimate of drug-likeness (QED) is 0.480. The number of thiophene rings is 1. The van der Waals surface area contributed by atoms with Crippen molar-refractivity contribution < 1.29 is 14.3 Å². The first kappa shape index (κ1) is 21.3. The molecule has 1 amide bonds. The Kier molecular flexibility index (Phi) is 6.10. The molecule has 0 radical (unpaired) electrons. The summed E-state index contributed by atoms with van der Waals surface area (Å²) in [7, 11) is 0. The summed E-state index contributed by atoms with van der Waals surface area (Å²) in [6.45, 7) is 5.31. The van der Waals surface area contributed by atoms with Gasteiger partial charge in [0.25, 0.3) is 0 Å². The van der Waals surface area contributed by atoms with Gasteiger partial charge in [-0.15, -0.1) is 21.5 Å². The fourth-order valence-electron chi connectivity index (χ4n) is 3.84. The molecule has 1 fully saturated rings. The topological polar surface area (TPSA) is 78.3 Å². The summed E-state index contributed by atoms with van der Waals surface area (Å²) < 4.78 is 13.5. The minimum Gasteiger partial charge on any atom is -0.486 e. The van der Waals surface area contributed by atoms with Crippen molar-refractivity contribution >= 4 is 29.0 Å². The number of benzene rings is 1. The first-order chi connectivity index (χ1) is 15.6. The minimum absolute atomic E-state index is 0.0217. The van der Waals surface area contributed by atoms with Crippen molar-refractivity contribution in [1.82, 2.24) is 20.1 Å². The van der Waals surface area contributed by atoms with Gasteiger partial charge in [0.15, 0.2) is 22.5 Å².